The maximum absolute atomic E-state index is 8.67. The minimum absolute atomic E-state index is 0.571. The molecule has 0 aromatic rings. The van der Waals surface area contributed by atoms with Gasteiger partial charge in [-0.15, -0.1) is 0 Å². The predicted molar refractivity (Wildman–Crippen MR) is 88.8 cm³/mol. The van der Waals surface area contributed by atoms with Crippen LogP contribution in [0.1, 0.15) is 91.4 Å². The summed E-state index contributed by atoms with van der Waals surface area (Å²) in [5.41, 5.74) is 0. The van der Waals surface area contributed by atoms with Crippen LogP contribution >= 0.6 is 0 Å². The molecular formula is C18H36N2. The molecular weight excluding hydrogens is 244 g/mol. The Labute approximate surface area is 127 Å². The zero-order valence-electron chi connectivity index (χ0n) is 14.2. The van der Waals surface area contributed by atoms with Crippen LogP contribution in [0.2, 0.25) is 0 Å². The van der Waals surface area contributed by atoms with Crippen LogP contribution in [-0.4, -0.2) is 24.0 Å². The van der Waals surface area contributed by atoms with Crippen LogP contribution in [0, 0.1) is 11.3 Å². The molecule has 0 radical (unpaired) electrons. The molecule has 0 spiro atoms. The van der Waals surface area contributed by atoms with Crippen LogP contribution in [0.15, 0.2) is 0 Å². The van der Waals surface area contributed by atoms with Gasteiger partial charge < -0.3 is 0 Å². The first-order valence-corrected chi connectivity index (χ1v) is 8.83. The van der Waals surface area contributed by atoms with Crippen LogP contribution < -0.4 is 0 Å². The fraction of sp³-hybridized carbons (Fsp3) is 0.944. The van der Waals surface area contributed by atoms with Crippen LogP contribution in [0.4, 0.5) is 0 Å². The minimum atomic E-state index is 0.571. The molecule has 0 unspecified atom stereocenters. The molecule has 2 nitrogen and oxygen atoms in total. The first-order valence-electron chi connectivity index (χ1n) is 8.83. The van der Waals surface area contributed by atoms with E-state index in [4.69, 9.17) is 5.26 Å². The van der Waals surface area contributed by atoms with Crippen molar-refractivity contribution in [3.05, 3.63) is 0 Å². The number of rotatable bonds is 14. The maximum atomic E-state index is 8.67. The fourth-order valence-corrected chi connectivity index (χ4v) is 2.62. The number of nitriles is 1. The summed E-state index contributed by atoms with van der Waals surface area (Å²) in [6.45, 7) is 8.83. The zero-order chi connectivity index (χ0) is 15.1. The summed E-state index contributed by atoms with van der Waals surface area (Å²) in [7, 11) is 0. The van der Waals surface area contributed by atoms with Gasteiger partial charge in [0, 0.05) is 19.0 Å². The molecule has 0 saturated heterocycles. The van der Waals surface area contributed by atoms with Gasteiger partial charge in [0.25, 0.3) is 0 Å². The SMILES string of the molecule is CCCCCCCCCCCCN(CCC#N)C(C)C. The molecule has 0 fully saturated rings. The topological polar surface area (TPSA) is 27.0 Å². The van der Waals surface area contributed by atoms with Gasteiger partial charge in [0.15, 0.2) is 0 Å². The van der Waals surface area contributed by atoms with Crippen molar-refractivity contribution in [1.29, 1.82) is 5.26 Å². The lowest BCUT2D eigenvalue weighted by Crippen LogP contribution is -2.32. The van der Waals surface area contributed by atoms with Crippen LogP contribution in [0.25, 0.3) is 0 Å². The second-order valence-electron chi connectivity index (χ2n) is 6.22. The Hall–Kier alpha value is -0.550. The average molecular weight is 280 g/mol. The van der Waals surface area contributed by atoms with Gasteiger partial charge in [-0.05, 0) is 26.8 Å². The van der Waals surface area contributed by atoms with Crippen molar-refractivity contribution >= 4 is 0 Å². The molecule has 2 heteroatoms. The van der Waals surface area contributed by atoms with E-state index in [2.05, 4.69) is 31.7 Å². The van der Waals surface area contributed by atoms with Crippen molar-refractivity contribution in [2.24, 2.45) is 0 Å². The van der Waals surface area contributed by atoms with E-state index < -0.39 is 0 Å². The highest BCUT2D eigenvalue weighted by Gasteiger charge is 2.07. The molecule has 118 valence electrons. The molecule has 0 heterocycles. The second-order valence-corrected chi connectivity index (χ2v) is 6.22. The molecule has 0 aromatic carbocycles. The molecule has 0 aromatic heterocycles. The van der Waals surface area contributed by atoms with Crippen LogP contribution in [-0.2, 0) is 0 Å². The molecule has 0 aliphatic carbocycles. The highest BCUT2D eigenvalue weighted by molar-refractivity contribution is 4.74. The molecule has 20 heavy (non-hydrogen) atoms. The third-order valence-electron chi connectivity index (χ3n) is 4.04. The molecule has 0 bridgehead atoms. The Kier molecular flexibility index (Phi) is 14.4. The Balaban J connectivity index is 3.34. The summed E-state index contributed by atoms with van der Waals surface area (Å²) in [5.74, 6) is 0. The largest absolute Gasteiger partial charge is 0.300 e. The molecule has 0 aliphatic rings. The van der Waals surface area contributed by atoms with Gasteiger partial charge in [0.2, 0.25) is 0 Å². The van der Waals surface area contributed by atoms with Crippen molar-refractivity contribution in [2.75, 3.05) is 13.1 Å². The molecule has 0 aliphatic heterocycles. The third kappa shape index (κ3) is 12.5. The Morgan fingerprint density at radius 2 is 1.30 bits per heavy atom. The van der Waals surface area contributed by atoms with E-state index >= 15 is 0 Å². The Morgan fingerprint density at radius 1 is 0.800 bits per heavy atom. The molecule has 0 N–H and O–H groups in total. The van der Waals surface area contributed by atoms with Gasteiger partial charge in [-0.1, -0.05) is 64.7 Å². The number of hydrogen-bond acceptors (Lipinski definition) is 2. The summed E-state index contributed by atoms with van der Waals surface area (Å²) in [6.07, 6.45) is 14.6. The van der Waals surface area contributed by atoms with Crippen LogP contribution in [0.3, 0.4) is 0 Å². The molecule has 0 amide bonds. The van der Waals surface area contributed by atoms with E-state index in [1.165, 1.54) is 64.2 Å². The van der Waals surface area contributed by atoms with E-state index in [9.17, 15) is 0 Å². The maximum Gasteiger partial charge on any atom is 0.0635 e. The number of unbranched alkanes of at least 4 members (excludes halogenated alkanes) is 9. The summed E-state index contributed by atoms with van der Waals surface area (Å²) in [5, 5.41) is 8.67. The third-order valence-corrected chi connectivity index (χ3v) is 4.04. The van der Waals surface area contributed by atoms with Crippen molar-refractivity contribution < 1.29 is 0 Å². The number of hydrogen-bond donors (Lipinski definition) is 0. The summed E-state index contributed by atoms with van der Waals surface area (Å²) < 4.78 is 0. The quantitative estimate of drug-likeness (QED) is 0.391. The van der Waals surface area contributed by atoms with Gasteiger partial charge in [-0.25, -0.2) is 0 Å². The Morgan fingerprint density at radius 3 is 1.75 bits per heavy atom. The smallest absolute Gasteiger partial charge is 0.0635 e. The van der Waals surface area contributed by atoms with Gasteiger partial charge in [0.1, 0.15) is 0 Å². The van der Waals surface area contributed by atoms with Gasteiger partial charge in [-0.3, -0.25) is 4.90 Å². The van der Waals surface area contributed by atoms with E-state index in [1.807, 2.05) is 0 Å². The van der Waals surface area contributed by atoms with E-state index in [0.717, 1.165) is 13.1 Å². The van der Waals surface area contributed by atoms with E-state index in [0.29, 0.717) is 12.5 Å². The summed E-state index contributed by atoms with van der Waals surface area (Å²) >= 11 is 0. The normalized spacial score (nSPS) is 11.2. The van der Waals surface area contributed by atoms with Gasteiger partial charge >= 0.3 is 0 Å². The lowest BCUT2D eigenvalue weighted by Gasteiger charge is -2.25. The lowest BCUT2D eigenvalue weighted by molar-refractivity contribution is 0.221. The molecule has 0 saturated carbocycles. The first-order chi connectivity index (χ1) is 9.72. The molecule has 0 atom stereocenters. The van der Waals surface area contributed by atoms with Crippen LogP contribution in [0.5, 0.6) is 0 Å². The average Bonchev–Trinajstić information content (AvgIpc) is 2.43. The lowest BCUT2D eigenvalue weighted by atomic mass is 10.1. The van der Waals surface area contributed by atoms with Gasteiger partial charge in [-0.2, -0.15) is 5.26 Å². The van der Waals surface area contributed by atoms with Gasteiger partial charge in [0.05, 0.1) is 6.07 Å². The molecule has 0 rings (SSSR count). The number of nitrogens with zero attached hydrogens (tertiary/aromatic N) is 2. The van der Waals surface area contributed by atoms with E-state index in [1.54, 1.807) is 0 Å². The standard InChI is InChI=1S/C18H36N2/c1-4-5-6-7-8-9-10-11-12-13-16-20(18(2)3)17-14-15-19/h18H,4-14,16-17H2,1-3H3. The van der Waals surface area contributed by atoms with Crippen molar-refractivity contribution in [1.82, 2.24) is 4.90 Å². The first kappa shape index (κ1) is 19.4. The second kappa shape index (κ2) is 14.9. The minimum Gasteiger partial charge on any atom is -0.300 e. The Bertz CT molecular complexity index is 230. The van der Waals surface area contributed by atoms with Crippen molar-refractivity contribution in [2.45, 2.75) is 97.4 Å². The fourth-order valence-electron chi connectivity index (χ4n) is 2.62. The monoisotopic (exact) mass is 280 g/mol. The predicted octanol–water partition coefficient (Wildman–Crippen LogP) is 5.53. The highest BCUT2D eigenvalue weighted by atomic mass is 15.1. The van der Waals surface area contributed by atoms with E-state index in [-0.39, 0.29) is 0 Å². The van der Waals surface area contributed by atoms with Crippen molar-refractivity contribution in [3.8, 4) is 6.07 Å². The zero-order valence-corrected chi connectivity index (χ0v) is 14.2. The summed E-state index contributed by atoms with van der Waals surface area (Å²) in [4.78, 5) is 2.44. The van der Waals surface area contributed by atoms with Crippen molar-refractivity contribution in [3.63, 3.8) is 0 Å². The summed E-state index contributed by atoms with van der Waals surface area (Å²) in [6, 6.07) is 2.82. The highest BCUT2D eigenvalue weighted by Crippen LogP contribution is 2.11.